The molecule has 1 heterocycles. The number of hydrogen-bond donors (Lipinski definition) is 0. The fourth-order valence-electron chi connectivity index (χ4n) is 3.06. The summed E-state index contributed by atoms with van der Waals surface area (Å²) in [5.41, 5.74) is 6.03. The zero-order chi connectivity index (χ0) is 16.9. The van der Waals surface area contributed by atoms with Crippen LogP contribution in [0.5, 0.6) is 0 Å². The van der Waals surface area contributed by atoms with Gasteiger partial charge in [0.15, 0.2) is 0 Å². The zero-order valence-electron chi connectivity index (χ0n) is 13.9. The van der Waals surface area contributed by atoms with Crippen molar-refractivity contribution in [1.82, 2.24) is 4.57 Å². The number of aromatic nitrogens is 1. The van der Waals surface area contributed by atoms with Gasteiger partial charge in [0.05, 0.1) is 5.69 Å². The summed E-state index contributed by atoms with van der Waals surface area (Å²) in [4.78, 5) is 0. The number of hydrogen-bond acceptors (Lipinski definition) is 0. The van der Waals surface area contributed by atoms with Gasteiger partial charge in [0.1, 0.15) is 0 Å². The minimum absolute atomic E-state index is 1.18. The maximum absolute atomic E-state index is 2.28. The monoisotopic (exact) mass is 321 g/mol. The van der Waals surface area contributed by atoms with E-state index in [-0.39, 0.29) is 0 Å². The van der Waals surface area contributed by atoms with E-state index in [2.05, 4.69) is 120 Å². The maximum Gasteiger partial charge on any atom is 0.0521 e. The van der Waals surface area contributed by atoms with Crippen LogP contribution in [0, 0.1) is 0 Å². The molecule has 0 aliphatic carbocycles. The molecule has 1 aromatic heterocycles. The first-order valence-corrected chi connectivity index (χ1v) is 8.47. The highest BCUT2D eigenvalue weighted by Crippen LogP contribution is 2.28. The van der Waals surface area contributed by atoms with Crippen LogP contribution in [-0.2, 0) is 0 Å². The molecule has 4 aromatic rings. The lowest BCUT2D eigenvalue weighted by molar-refractivity contribution is 1.08. The lowest BCUT2D eigenvalue weighted by Gasteiger charge is -2.12. The van der Waals surface area contributed by atoms with Crippen LogP contribution < -0.4 is 0 Å². The molecule has 0 saturated carbocycles. The highest BCUT2D eigenvalue weighted by molar-refractivity contribution is 5.92. The van der Waals surface area contributed by atoms with Gasteiger partial charge in [-0.2, -0.15) is 0 Å². The summed E-state index contributed by atoms with van der Waals surface area (Å²) in [7, 11) is 0. The molecule has 120 valence electrons. The van der Waals surface area contributed by atoms with E-state index in [1.165, 1.54) is 28.0 Å². The first kappa shape index (κ1) is 15.2. The van der Waals surface area contributed by atoms with Crippen LogP contribution in [0.2, 0.25) is 0 Å². The highest BCUT2D eigenvalue weighted by Gasteiger charge is 2.07. The Kier molecular flexibility index (Phi) is 4.30. The number of rotatable bonds is 4. The molecule has 0 atom stereocenters. The van der Waals surface area contributed by atoms with Crippen molar-refractivity contribution in [2.24, 2.45) is 0 Å². The van der Waals surface area contributed by atoms with Crippen molar-refractivity contribution in [1.29, 1.82) is 0 Å². The van der Waals surface area contributed by atoms with Crippen LogP contribution in [-0.4, -0.2) is 4.57 Å². The van der Waals surface area contributed by atoms with Crippen molar-refractivity contribution in [2.75, 3.05) is 0 Å². The Balaban J connectivity index is 1.90. The van der Waals surface area contributed by atoms with Crippen molar-refractivity contribution in [2.45, 2.75) is 0 Å². The molecule has 0 unspecified atom stereocenters. The van der Waals surface area contributed by atoms with Crippen molar-refractivity contribution in [3.8, 4) is 5.69 Å². The summed E-state index contributed by atoms with van der Waals surface area (Å²) in [6, 6.07) is 33.7. The van der Waals surface area contributed by atoms with E-state index in [9.17, 15) is 0 Å². The molecule has 0 aliphatic heterocycles. The van der Waals surface area contributed by atoms with Crippen LogP contribution in [0.15, 0.2) is 109 Å². The minimum atomic E-state index is 1.18. The minimum Gasteiger partial charge on any atom is -0.323 e. The second kappa shape index (κ2) is 7.06. The molecule has 0 saturated heterocycles. The Morgan fingerprint density at radius 2 is 1.08 bits per heavy atom. The Bertz CT molecular complexity index is 924. The van der Waals surface area contributed by atoms with E-state index in [1.54, 1.807) is 0 Å². The van der Waals surface area contributed by atoms with Crippen molar-refractivity contribution in [3.63, 3.8) is 0 Å². The maximum atomic E-state index is 2.28. The van der Waals surface area contributed by atoms with Gasteiger partial charge in [-0.05, 0) is 46.5 Å². The smallest absolute Gasteiger partial charge is 0.0521 e. The van der Waals surface area contributed by atoms with Crippen LogP contribution >= 0.6 is 0 Å². The summed E-state index contributed by atoms with van der Waals surface area (Å²) >= 11 is 0. The van der Waals surface area contributed by atoms with Crippen LogP contribution in [0.3, 0.4) is 0 Å². The first-order valence-electron chi connectivity index (χ1n) is 8.47. The largest absolute Gasteiger partial charge is 0.323 e. The second-order valence-electron chi connectivity index (χ2n) is 5.94. The van der Waals surface area contributed by atoms with Crippen molar-refractivity contribution >= 4 is 11.6 Å². The van der Waals surface area contributed by atoms with Gasteiger partial charge < -0.3 is 4.57 Å². The Hall–Kier alpha value is -3.32. The third-order valence-corrected chi connectivity index (χ3v) is 4.29. The van der Waals surface area contributed by atoms with E-state index < -0.39 is 0 Å². The normalized spacial score (nSPS) is 10.4. The van der Waals surface area contributed by atoms with Gasteiger partial charge in [-0.1, -0.05) is 78.9 Å². The number of nitrogens with zero attached hydrogens (tertiary/aromatic N) is 1. The predicted octanol–water partition coefficient (Wildman–Crippen LogP) is 6.07. The molecule has 0 N–H and O–H groups in total. The zero-order valence-corrected chi connectivity index (χ0v) is 13.9. The number of benzene rings is 3. The standard InChI is InChI=1S/C24H19N/c1-3-11-20(12-4-1)23(21-13-5-2-6-14-21)19-22-15-7-8-16-24(22)25-17-9-10-18-25/h1-19H. The molecule has 25 heavy (non-hydrogen) atoms. The lowest BCUT2D eigenvalue weighted by Crippen LogP contribution is -1.94. The summed E-state index contributed by atoms with van der Waals surface area (Å²) in [5, 5.41) is 0. The summed E-state index contributed by atoms with van der Waals surface area (Å²) < 4.78 is 2.15. The SMILES string of the molecule is C(=C(c1ccccc1)c1ccccc1)c1ccccc1-n1cccc1. The second-order valence-corrected chi connectivity index (χ2v) is 5.94. The molecule has 0 bridgehead atoms. The average molecular weight is 321 g/mol. The molecule has 4 rings (SSSR count). The molecule has 0 spiro atoms. The summed E-state index contributed by atoms with van der Waals surface area (Å²) in [5.74, 6) is 0. The van der Waals surface area contributed by atoms with Gasteiger partial charge in [0, 0.05) is 12.4 Å². The Labute approximate surface area is 148 Å². The molecular weight excluding hydrogens is 302 g/mol. The number of para-hydroxylation sites is 1. The lowest BCUT2D eigenvalue weighted by atomic mass is 9.95. The third-order valence-electron chi connectivity index (χ3n) is 4.29. The molecule has 1 nitrogen and oxygen atoms in total. The van der Waals surface area contributed by atoms with Crippen molar-refractivity contribution in [3.05, 3.63) is 126 Å². The van der Waals surface area contributed by atoms with Crippen LogP contribution in [0.25, 0.3) is 17.3 Å². The quantitative estimate of drug-likeness (QED) is 0.402. The van der Waals surface area contributed by atoms with Crippen LogP contribution in [0.4, 0.5) is 0 Å². The summed E-state index contributed by atoms with van der Waals surface area (Å²) in [6.45, 7) is 0. The van der Waals surface area contributed by atoms with E-state index in [0.717, 1.165) is 0 Å². The van der Waals surface area contributed by atoms with Gasteiger partial charge in [-0.15, -0.1) is 0 Å². The molecule has 3 aromatic carbocycles. The van der Waals surface area contributed by atoms with E-state index >= 15 is 0 Å². The van der Waals surface area contributed by atoms with Crippen LogP contribution in [0.1, 0.15) is 16.7 Å². The topological polar surface area (TPSA) is 4.93 Å². The molecule has 1 heteroatoms. The molecule has 0 amide bonds. The highest BCUT2D eigenvalue weighted by atomic mass is 14.9. The van der Waals surface area contributed by atoms with Gasteiger partial charge in [0.2, 0.25) is 0 Å². The molecule has 0 fully saturated rings. The van der Waals surface area contributed by atoms with E-state index in [0.29, 0.717) is 0 Å². The van der Waals surface area contributed by atoms with Gasteiger partial charge in [-0.3, -0.25) is 0 Å². The predicted molar refractivity (Wildman–Crippen MR) is 106 cm³/mol. The molecule has 0 aliphatic rings. The van der Waals surface area contributed by atoms with Gasteiger partial charge >= 0.3 is 0 Å². The van der Waals surface area contributed by atoms with E-state index in [1.807, 2.05) is 0 Å². The fraction of sp³-hybridized carbons (Fsp3) is 0. The Morgan fingerprint density at radius 1 is 0.560 bits per heavy atom. The van der Waals surface area contributed by atoms with Gasteiger partial charge in [0.25, 0.3) is 0 Å². The van der Waals surface area contributed by atoms with Gasteiger partial charge in [-0.25, -0.2) is 0 Å². The van der Waals surface area contributed by atoms with Crippen molar-refractivity contribution < 1.29 is 0 Å². The third kappa shape index (κ3) is 3.31. The fourth-order valence-corrected chi connectivity index (χ4v) is 3.06. The molecule has 0 radical (unpaired) electrons. The first-order chi connectivity index (χ1) is 12.4. The molecular formula is C24H19N. The van der Waals surface area contributed by atoms with E-state index in [4.69, 9.17) is 0 Å². The average Bonchev–Trinajstić information content (AvgIpc) is 3.22. The summed E-state index contributed by atoms with van der Waals surface area (Å²) in [6.07, 6.45) is 6.44. The Morgan fingerprint density at radius 3 is 1.68 bits per heavy atom.